The number of para-hydroxylation sites is 1. The van der Waals surface area contributed by atoms with Crippen molar-refractivity contribution in [2.45, 2.75) is 57.7 Å². The Morgan fingerprint density at radius 2 is 1.97 bits per heavy atom. The first-order valence-electron chi connectivity index (χ1n) is 11.3. The number of hydrogen-bond donors (Lipinski definition) is 1. The molecule has 1 aromatic carbocycles. The van der Waals surface area contributed by atoms with Gasteiger partial charge in [0.05, 0.1) is 16.8 Å². The van der Waals surface area contributed by atoms with Crippen LogP contribution in [-0.4, -0.2) is 30.8 Å². The Labute approximate surface area is 196 Å². The SMILES string of the molecule is Cc1c(C#N)c(NC(=O)CSc2nnc3cc(C)c4ccccc4n23)n(C2CCCC2)c1C. The zero-order valence-corrected chi connectivity index (χ0v) is 19.9. The highest BCUT2D eigenvalue weighted by atomic mass is 32.2. The molecule has 1 aliphatic carbocycles. The summed E-state index contributed by atoms with van der Waals surface area (Å²) in [7, 11) is 0. The second-order valence-electron chi connectivity index (χ2n) is 8.71. The van der Waals surface area contributed by atoms with Gasteiger partial charge in [-0.1, -0.05) is 42.8 Å². The van der Waals surface area contributed by atoms with E-state index in [1.54, 1.807) is 0 Å². The Morgan fingerprint density at radius 3 is 2.73 bits per heavy atom. The Bertz CT molecular complexity index is 1420. The smallest absolute Gasteiger partial charge is 0.235 e. The number of amides is 1. The fourth-order valence-electron chi connectivity index (χ4n) is 4.97. The number of hydrogen-bond acceptors (Lipinski definition) is 5. The van der Waals surface area contributed by atoms with Crippen molar-refractivity contribution in [1.82, 2.24) is 19.2 Å². The quantitative estimate of drug-likeness (QED) is 0.409. The maximum absolute atomic E-state index is 13.0. The summed E-state index contributed by atoms with van der Waals surface area (Å²) in [5.74, 6) is 0.667. The number of nitriles is 1. The van der Waals surface area contributed by atoms with Gasteiger partial charge < -0.3 is 9.88 Å². The largest absolute Gasteiger partial charge is 0.327 e. The predicted molar refractivity (Wildman–Crippen MR) is 131 cm³/mol. The summed E-state index contributed by atoms with van der Waals surface area (Å²) in [6.07, 6.45) is 4.52. The van der Waals surface area contributed by atoms with E-state index in [0.717, 1.165) is 46.2 Å². The molecule has 1 N–H and O–H groups in total. The first-order valence-corrected chi connectivity index (χ1v) is 12.3. The van der Waals surface area contributed by atoms with Crippen LogP contribution in [0.5, 0.6) is 0 Å². The van der Waals surface area contributed by atoms with Crippen molar-refractivity contribution in [3.63, 3.8) is 0 Å². The summed E-state index contributed by atoms with van der Waals surface area (Å²) in [5, 5.41) is 23.3. The third kappa shape index (κ3) is 3.66. The first kappa shape index (κ1) is 21.5. The number of thioether (sulfide) groups is 1. The zero-order valence-electron chi connectivity index (χ0n) is 19.1. The molecular weight excluding hydrogens is 432 g/mol. The van der Waals surface area contributed by atoms with Crippen LogP contribution in [0.15, 0.2) is 35.5 Å². The van der Waals surface area contributed by atoms with Crippen LogP contribution < -0.4 is 5.32 Å². The average Bonchev–Trinajstić information content (AvgIpc) is 3.52. The van der Waals surface area contributed by atoms with E-state index in [9.17, 15) is 10.1 Å². The van der Waals surface area contributed by atoms with E-state index in [1.807, 2.05) is 42.5 Å². The minimum absolute atomic E-state index is 0.151. The normalized spacial score (nSPS) is 14.2. The molecule has 33 heavy (non-hydrogen) atoms. The van der Waals surface area contributed by atoms with Crippen molar-refractivity contribution in [3.8, 4) is 6.07 Å². The molecule has 0 aliphatic heterocycles. The fourth-order valence-corrected chi connectivity index (χ4v) is 5.72. The van der Waals surface area contributed by atoms with Crippen molar-refractivity contribution < 1.29 is 4.79 Å². The number of rotatable bonds is 5. The van der Waals surface area contributed by atoms with Crippen molar-refractivity contribution in [2.75, 3.05) is 11.1 Å². The Hall–Kier alpha value is -3.31. The van der Waals surface area contributed by atoms with E-state index < -0.39 is 0 Å². The van der Waals surface area contributed by atoms with E-state index in [4.69, 9.17) is 0 Å². The molecule has 0 bridgehead atoms. The molecule has 3 heterocycles. The first-order chi connectivity index (χ1) is 16.0. The monoisotopic (exact) mass is 458 g/mol. The number of nitrogens with zero attached hydrogens (tertiary/aromatic N) is 5. The number of aromatic nitrogens is 4. The van der Waals surface area contributed by atoms with Gasteiger partial charge in [-0.15, -0.1) is 10.2 Å². The highest BCUT2D eigenvalue weighted by Crippen LogP contribution is 2.38. The lowest BCUT2D eigenvalue weighted by Crippen LogP contribution is -2.20. The van der Waals surface area contributed by atoms with E-state index in [2.05, 4.69) is 39.1 Å². The molecule has 1 aliphatic rings. The molecular formula is C25H26N6OS. The number of nitrogens with one attached hydrogen (secondary N) is 1. The van der Waals surface area contributed by atoms with Gasteiger partial charge >= 0.3 is 0 Å². The molecule has 0 spiro atoms. The predicted octanol–water partition coefficient (Wildman–Crippen LogP) is 5.33. The zero-order chi connectivity index (χ0) is 23.1. The van der Waals surface area contributed by atoms with Crippen molar-refractivity contribution in [3.05, 3.63) is 52.7 Å². The highest BCUT2D eigenvalue weighted by Gasteiger charge is 2.26. The molecule has 1 saturated carbocycles. The van der Waals surface area contributed by atoms with Crippen LogP contribution in [0.4, 0.5) is 5.82 Å². The number of aryl methyl sites for hydroxylation is 1. The maximum atomic E-state index is 13.0. The maximum Gasteiger partial charge on any atom is 0.235 e. The van der Waals surface area contributed by atoms with Gasteiger partial charge in [-0.05, 0) is 56.9 Å². The van der Waals surface area contributed by atoms with Gasteiger partial charge in [0.2, 0.25) is 5.91 Å². The lowest BCUT2D eigenvalue weighted by Gasteiger charge is -2.19. The van der Waals surface area contributed by atoms with Gasteiger partial charge in [0, 0.05) is 17.1 Å². The van der Waals surface area contributed by atoms with Gasteiger partial charge in [0.15, 0.2) is 10.8 Å². The number of benzene rings is 1. The summed E-state index contributed by atoms with van der Waals surface area (Å²) in [6, 6.07) is 12.8. The fraction of sp³-hybridized carbons (Fsp3) is 0.360. The van der Waals surface area contributed by atoms with E-state index in [0.29, 0.717) is 22.6 Å². The molecule has 168 valence electrons. The lowest BCUT2D eigenvalue weighted by molar-refractivity contribution is -0.113. The van der Waals surface area contributed by atoms with Crippen LogP contribution in [0, 0.1) is 32.1 Å². The summed E-state index contributed by atoms with van der Waals surface area (Å²) in [4.78, 5) is 13.0. The topological polar surface area (TPSA) is 88.0 Å². The van der Waals surface area contributed by atoms with Crippen LogP contribution in [0.1, 0.15) is 54.1 Å². The van der Waals surface area contributed by atoms with Gasteiger partial charge in [-0.3, -0.25) is 9.20 Å². The highest BCUT2D eigenvalue weighted by molar-refractivity contribution is 7.99. The second-order valence-corrected chi connectivity index (χ2v) is 9.65. The van der Waals surface area contributed by atoms with Crippen molar-refractivity contribution in [2.24, 2.45) is 0 Å². The van der Waals surface area contributed by atoms with Gasteiger partial charge in [-0.2, -0.15) is 5.26 Å². The van der Waals surface area contributed by atoms with Crippen LogP contribution >= 0.6 is 11.8 Å². The summed E-state index contributed by atoms with van der Waals surface area (Å²) < 4.78 is 4.17. The summed E-state index contributed by atoms with van der Waals surface area (Å²) in [6.45, 7) is 6.06. The number of carbonyl (C=O) groups excluding carboxylic acids is 1. The van der Waals surface area contributed by atoms with Crippen LogP contribution in [-0.2, 0) is 4.79 Å². The van der Waals surface area contributed by atoms with E-state index >= 15 is 0 Å². The molecule has 0 atom stereocenters. The van der Waals surface area contributed by atoms with E-state index in [1.165, 1.54) is 24.6 Å². The van der Waals surface area contributed by atoms with E-state index in [-0.39, 0.29) is 11.7 Å². The van der Waals surface area contributed by atoms with Gasteiger partial charge in [0.25, 0.3) is 0 Å². The van der Waals surface area contributed by atoms with Crippen molar-refractivity contribution in [1.29, 1.82) is 5.26 Å². The van der Waals surface area contributed by atoms with Crippen molar-refractivity contribution >= 4 is 40.0 Å². The molecule has 1 amide bonds. The number of pyridine rings is 1. The number of carbonyl (C=O) groups is 1. The third-order valence-electron chi connectivity index (χ3n) is 6.72. The standard InChI is InChI=1S/C25H26N6OS/c1-15-12-22-28-29-25(31(22)21-11-7-6-10-19(15)21)33-14-23(32)27-24-20(13-26)16(2)17(3)30(24)18-8-4-5-9-18/h6-7,10-12,18H,4-5,8-9,14H2,1-3H3,(H,27,32). The summed E-state index contributed by atoms with van der Waals surface area (Å²) >= 11 is 1.35. The second kappa shape index (κ2) is 8.56. The molecule has 0 radical (unpaired) electrons. The summed E-state index contributed by atoms with van der Waals surface area (Å²) in [5.41, 5.74) is 5.49. The third-order valence-corrected chi connectivity index (χ3v) is 7.65. The molecule has 3 aromatic heterocycles. The minimum Gasteiger partial charge on any atom is -0.327 e. The molecule has 0 unspecified atom stereocenters. The van der Waals surface area contributed by atoms with Crippen LogP contribution in [0.25, 0.3) is 16.6 Å². The van der Waals surface area contributed by atoms with Gasteiger partial charge in [0.1, 0.15) is 11.9 Å². The Morgan fingerprint density at radius 1 is 1.21 bits per heavy atom. The van der Waals surface area contributed by atoms with Gasteiger partial charge in [-0.25, -0.2) is 0 Å². The number of fused-ring (bicyclic) bond motifs is 3. The Kier molecular flexibility index (Phi) is 5.59. The number of anilines is 1. The molecule has 1 fully saturated rings. The average molecular weight is 459 g/mol. The molecule has 0 saturated heterocycles. The molecule has 8 heteroatoms. The molecule has 4 aromatic rings. The lowest BCUT2D eigenvalue weighted by atomic mass is 10.1. The Balaban J connectivity index is 1.41. The van der Waals surface area contributed by atoms with Crippen LogP contribution in [0.2, 0.25) is 0 Å². The van der Waals surface area contributed by atoms with Crippen LogP contribution in [0.3, 0.4) is 0 Å². The minimum atomic E-state index is -0.151. The molecule has 5 rings (SSSR count). The molecule has 7 nitrogen and oxygen atoms in total.